The van der Waals surface area contributed by atoms with Crippen LogP contribution >= 0.6 is 11.6 Å². The van der Waals surface area contributed by atoms with Crippen LogP contribution in [0.15, 0.2) is 72.8 Å². The molecule has 37 heavy (non-hydrogen) atoms. The lowest BCUT2D eigenvalue weighted by atomic mass is 10.1. The molecule has 0 unspecified atom stereocenters. The smallest absolute Gasteiger partial charge is 0.254 e. The Morgan fingerprint density at radius 1 is 0.973 bits per heavy atom. The molecule has 1 N–H and O–H groups in total. The van der Waals surface area contributed by atoms with Crippen molar-refractivity contribution in [1.29, 1.82) is 0 Å². The van der Waals surface area contributed by atoms with Crippen molar-refractivity contribution < 1.29 is 9.53 Å². The number of amides is 1. The van der Waals surface area contributed by atoms with E-state index in [1.807, 2.05) is 71.6 Å². The van der Waals surface area contributed by atoms with Gasteiger partial charge in [0.25, 0.3) is 5.91 Å². The molecule has 0 radical (unpaired) electrons. The second-order valence-corrected chi connectivity index (χ2v) is 9.50. The number of ether oxygens (including phenoxy) is 1. The van der Waals surface area contributed by atoms with Crippen LogP contribution in [0.4, 0.5) is 5.95 Å². The molecule has 0 atom stereocenters. The van der Waals surface area contributed by atoms with E-state index in [2.05, 4.69) is 10.2 Å². The van der Waals surface area contributed by atoms with Crippen molar-refractivity contribution in [3.63, 3.8) is 0 Å². The van der Waals surface area contributed by atoms with E-state index in [0.717, 1.165) is 67.8 Å². The lowest BCUT2D eigenvalue weighted by Crippen LogP contribution is -2.49. The lowest BCUT2D eigenvalue weighted by molar-refractivity contribution is 0.0636. The molecule has 0 aliphatic carbocycles. The molecule has 2 heterocycles. The van der Waals surface area contributed by atoms with Crippen molar-refractivity contribution in [1.82, 2.24) is 19.8 Å². The van der Waals surface area contributed by atoms with E-state index in [1.165, 1.54) is 0 Å². The number of hydrogen-bond donors (Lipinski definition) is 1. The quantitative estimate of drug-likeness (QED) is 0.324. The molecular weight excluding hydrogens is 486 g/mol. The summed E-state index contributed by atoms with van der Waals surface area (Å²) in [4.78, 5) is 26.7. The minimum atomic E-state index is 0.0603. The van der Waals surface area contributed by atoms with Gasteiger partial charge in [-0.1, -0.05) is 48.0 Å². The molecule has 5 rings (SSSR count). The molecule has 1 saturated heterocycles. The lowest BCUT2D eigenvalue weighted by Gasteiger charge is -2.34. The average molecular weight is 516 g/mol. The normalized spacial score (nSPS) is 14.1. The fourth-order valence-corrected chi connectivity index (χ4v) is 4.73. The van der Waals surface area contributed by atoms with Crippen LogP contribution in [-0.2, 0) is 0 Å². The maximum Gasteiger partial charge on any atom is 0.254 e. The van der Waals surface area contributed by atoms with Gasteiger partial charge in [0.1, 0.15) is 5.75 Å². The van der Waals surface area contributed by atoms with Crippen molar-refractivity contribution >= 4 is 34.4 Å². The fraction of sp³-hybridized carbons (Fsp3) is 0.276. The summed E-state index contributed by atoms with van der Waals surface area (Å²) >= 11 is 6.09. The third kappa shape index (κ3) is 6.01. The third-order valence-electron chi connectivity index (χ3n) is 6.63. The number of carbonyl (C=O) groups is 1. The molecule has 190 valence electrons. The number of nitrogens with one attached hydrogen (secondary N) is 1. The number of piperazine rings is 1. The van der Waals surface area contributed by atoms with Crippen LogP contribution in [0.5, 0.6) is 5.75 Å². The molecule has 1 fully saturated rings. The highest BCUT2D eigenvalue weighted by Crippen LogP contribution is 2.28. The zero-order valence-electron chi connectivity index (χ0n) is 20.9. The Hall–Kier alpha value is -3.68. The minimum Gasteiger partial charge on any atom is -0.497 e. The van der Waals surface area contributed by atoms with Crippen molar-refractivity contribution in [2.24, 2.45) is 0 Å². The number of benzene rings is 3. The van der Waals surface area contributed by atoms with E-state index in [1.54, 1.807) is 13.2 Å². The average Bonchev–Trinajstić information content (AvgIpc) is 2.95. The van der Waals surface area contributed by atoms with Crippen LogP contribution in [0.2, 0.25) is 5.02 Å². The van der Waals surface area contributed by atoms with Crippen LogP contribution in [0.25, 0.3) is 22.2 Å². The first-order valence-corrected chi connectivity index (χ1v) is 12.9. The van der Waals surface area contributed by atoms with E-state index in [0.29, 0.717) is 22.3 Å². The summed E-state index contributed by atoms with van der Waals surface area (Å²) in [6.07, 6.45) is 0.955. The topological polar surface area (TPSA) is 70.6 Å². The van der Waals surface area contributed by atoms with E-state index in [9.17, 15) is 4.79 Å². The second-order valence-electron chi connectivity index (χ2n) is 9.07. The molecule has 4 aromatic rings. The number of fused-ring (bicyclic) bond motifs is 1. The highest BCUT2D eigenvalue weighted by molar-refractivity contribution is 6.30. The molecule has 1 aliphatic rings. The fourth-order valence-electron chi connectivity index (χ4n) is 4.60. The van der Waals surface area contributed by atoms with Gasteiger partial charge in [-0.25, -0.2) is 9.97 Å². The monoisotopic (exact) mass is 515 g/mol. The summed E-state index contributed by atoms with van der Waals surface area (Å²) in [5.74, 6) is 1.38. The van der Waals surface area contributed by atoms with Crippen LogP contribution < -0.4 is 10.1 Å². The minimum absolute atomic E-state index is 0.0603. The van der Waals surface area contributed by atoms with Crippen molar-refractivity contribution in [3.05, 3.63) is 83.4 Å². The first-order chi connectivity index (χ1) is 18.1. The number of halogens is 1. The molecular formula is C29H30ClN5O2. The number of hydrogen-bond acceptors (Lipinski definition) is 6. The van der Waals surface area contributed by atoms with Gasteiger partial charge in [0, 0.05) is 54.3 Å². The number of rotatable bonds is 8. The summed E-state index contributed by atoms with van der Waals surface area (Å²) in [6, 6.07) is 23.1. The third-order valence-corrected chi connectivity index (χ3v) is 6.88. The van der Waals surface area contributed by atoms with Crippen LogP contribution in [0, 0.1) is 0 Å². The number of carbonyl (C=O) groups excluding carboxylic acids is 1. The first kappa shape index (κ1) is 25.0. The van der Waals surface area contributed by atoms with Gasteiger partial charge in [0.15, 0.2) is 0 Å². The van der Waals surface area contributed by atoms with Gasteiger partial charge in [0.05, 0.1) is 18.3 Å². The second kappa shape index (κ2) is 11.6. The van der Waals surface area contributed by atoms with Crippen LogP contribution in [0.1, 0.15) is 16.8 Å². The van der Waals surface area contributed by atoms with Gasteiger partial charge in [-0.2, -0.15) is 0 Å². The molecule has 1 amide bonds. The summed E-state index contributed by atoms with van der Waals surface area (Å²) in [5.41, 5.74) is 3.47. The molecule has 3 aromatic carbocycles. The summed E-state index contributed by atoms with van der Waals surface area (Å²) in [6.45, 7) is 4.89. The Morgan fingerprint density at radius 2 is 1.76 bits per heavy atom. The Morgan fingerprint density at radius 3 is 2.54 bits per heavy atom. The maximum atomic E-state index is 12.9. The molecule has 0 saturated carbocycles. The predicted octanol–water partition coefficient (Wildman–Crippen LogP) is 5.22. The van der Waals surface area contributed by atoms with E-state index < -0.39 is 0 Å². The van der Waals surface area contributed by atoms with Crippen LogP contribution in [-0.4, -0.2) is 72.1 Å². The Kier molecular flexibility index (Phi) is 7.82. The number of aromatic nitrogens is 2. The summed E-state index contributed by atoms with van der Waals surface area (Å²) in [5, 5.41) is 5.12. The molecule has 0 bridgehead atoms. The molecule has 7 nitrogen and oxygen atoms in total. The predicted molar refractivity (Wildman–Crippen MR) is 148 cm³/mol. The number of anilines is 1. The number of para-hydroxylation sites is 1. The maximum absolute atomic E-state index is 12.9. The Bertz CT molecular complexity index is 1370. The Labute approximate surface area is 222 Å². The number of methoxy groups -OCH3 is 1. The molecule has 1 aliphatic heterocycles. The number of nitrogens with zero attached hydrogens (tertiary/aromatic N) is 4. The van der Waals surface area contributed by atoms with Gasteiger partial charge >= 0.3 is 0 Å². The van der Waals surface area contributed by atoms with Crippen molar-refractivity contribution in [2.45, 2.75) is 6.42 Å². The standard InChI is InChI=1S/C29H30ClN5O2/c1-37-24-7-4-6-22(20-24)28(36)35-18-16-34(17-19-35)15-5-14-31-29-32-26-9-3-2-8-25(26)27(33-29)21-10-12-23(30)13-11-21/h2-4,6-13,20H,5,14-19H2,1H3,(H,31,32,33). The zero-order chi connectivity index (χ0) is 25.6. The van der Waals surface area contributed by atoms with Crippen molar-refractivity contribution in [2.75, 3.05) is 51.7 Å². The van der Waals surface area contributed by atoms with E-state index in [4.69, 9.17) is 26.3 Å². The SMILES string of the molecule is COc1cccc(C(=O)N2CCN(CCCNc3nc(-c4ccc(Cl)cc4)c4ccccc4n3)CC2)c1. The van der Waals surface area contributed by atoms with Gasteiger partial charge in [0.2, 0.25) is 5.95 Å². The zero-order valence-corrected chi connectivity index (χ0v) is 21.6. The van der Waals surface area contributed by atoms with Crippen molar-refractivity contribution in [3.8, 4) is 17.0 Å². The largest absolute Gasteiger partial charge is 0.497 e. The molecule has 1 aromatic heterocycles. The molecule has 8 heteroatoms. The van der Waals surface area contributed by atoms with E-state index in [-0.39, 0.29) is 5.91 Å². The highest BCUT2D eigenvalue weighted by Gasteiger charge is 2.22. The summed E-state index contributed by atoms with van der Waals surface area (Å²) < 4.78 is 5.25. The molecule has 0 spiro atoms. The van der Waals surface area contributed by atoms with Gasteiger partial charge in [-0.05, 0) is 49.4 Å². The van der Waals surface area contributed by atoms with E-state index >= 15 is 0 Å². The Balaban J connectivity index is 1.14. The summed E-state index contributed by atoms with van der Waals surface area (Å²) in [7, 11) is 1.61. The van der Waals surface area contributed by atoms with Gasteiger partial charge < -0.3 is 15.0 Å². The van der Waals surface area contributed by atoms with Gasteiger partial charge in [-0.15, -0.1) is 0 Å². The van der Waals surface area contributed by atoms with Crippen LogP contribution in [0.3, 0.4) is 0 Å². The first-order valence-electron chi connectivity index (χ1n) is 12.5. The van der Waals surface area contributed by atoms with Gasteiger partial charge in [-0.3, -0.25) is 9.69 Å². The highest BCUT2D eigenvalue weighted by atomic mass is 35.5.